The zero-order valence-corrected chi connectivity index (χ0v) is 18.7. The Balaban J connectivity index is 1.50. The normalized spacial score (nSPS) is 18.9. The number of aliphatic hydroxyl groups excluding tert-OH is 1. The number of sulfonamides is 1. The van der Waals surface area contributed by atoms with Crippen molar-refractivity contribution in [1.29, 1.82) is 0 Å². The number of thiophene rings is 1. The molecule has 0 radical (unpaired) electrons. The summed E-state index contributed by atoms with van der Waals surface area (Å²) in [7, 11) is -3.56. The van der Waals surface area contributed by atoms with E-state index in [4.69, 9.17) is 5.73 Å². The van der Waals surface area contributed by atoms with Crippen molar-refractivity contribution >= 4 is 37.3 Å². The maximum absolute atomic E-state index is 12.9. The highest BCUT2D eigenvalue weighted by atomic mass is 32.2. The van der Waals surface area contributed by atoms with Crippen LogP contribution in [0.3, 0.4) is 0 Å². The number of aromatic nitrogens is 2. The van der Waals surface area contributed by atoms with Crippen molar-refractivity contribution in [2.24, 2.45) is 0 Å². The molecule has 0 aliphatic carbocycles. The van der Waals surface area contributed by atoms with Crippen LogP contribution in [0.2, 0.25) is 0 Å². The summed E-state index contributed by atoms with van der Waals surface area (Å²) >= 11 is 1.30. The van der Waals surface area contributed by atoms with E-state index in [0.29, 0.717) is 28.4 Å². The summed E-state index contributed by atoms with van der Waals surface area (Å²) < 4.78 is 27.2. The van der Waals surface area contributed by atoms with Gasteiger partial charge < -0.3 is 10.8 Å². The van der Waals surface area contributed by atoms with E-state index < -0.39 is 16.3 Å². The van der Waals surface area contributed by atoms with E-state index in [9.17, 15) is 13.5 Å². The number of nitrogens with one attached hydrogen (secondary N) is 1. The van der Waals surface area contributed by atoms with Crippen molar-refractivity contribution in [3.05, 3.63) is 46.0 Å². The van der Waals surface area contributed by atoms with E-state index in [1.165, 1.54) is 15.6 Å². The van der Waals surface area contributed by atoms with Crippen molar-refractivity contribution in [3.63, 3.8) is 0 Å². The predicted molar refractivity (Wildman–Crippen MR) is 118 cm³/mol. The van der Waals surface area contributed by atoms with Crippen LogP contribution in [0, 0.1) is 20.8 Å². The molecule has 2 atom stereocenters. The van der Waals surface area contributed by atoms with Gasteiger partial charge in [-0.2, -0.15) is 9.40 Å². The molecule has 1 aromatic carbocycles. The van der Waals surface area contributed by atoms with Crippen molar-refractivity contribution in [2.75, 3.05) is 18.8 Å². The summed E-state index contributed by atoms with van der Waals surface area (Å²) in [4.78, 5) is 1.54. The molecule has 0 saturated carbocycles. The molecular formula is C20H25N5O3S2. The van der Waals surface area contributed by atoms with Crippen LogP contribution >= 0.6 is 11.3 Å². The van der Waals surface area contributed by atoms with E-state index in [1.54, 1.807) is 24.3 Å². The summed E-state index contributed by atoms with van der Waals surface area (Å²) in [6, 6.07) is 6.66. The fourth-order valence-corrected chi connectivity index (χ4v) is 6.25. The van der Waals surface area contributed by atoms with Gasteiger partial charge in [0, 0.05) is 24.5 Å². The molecule has 160 valence electrons. The lowest BCUT2D eigenvalue weighted by atomic mass is 10.1. The van der Waals surface area contributed by atoms with Crippen LogP contribution in [0.5, 0.6) is 0 Å². The van der Waals surface area contributed by atoms with E-state index in [0.717, 1.165) is 22.2 Å². The molecule has 4 N–H and O–H groups in total. The fraction of sp³-hybridized carbons (Fsp3) is 0.400. The average molecular weight is 448 g/mol. The van der Waals surface area contributed by atoms with E-state index >= 15 is 0 Å². The molecule has 0 spiro atoms. The largest absolute Gasteiger partial charge is 0.397 e. The van der Waals surface area contributed by atoms with Crippen LogP contribution in [0.25, 0.3) is 10.2 Å². The lowest BCUT2D eigenvalue weighted by Gasteiger charge is -2.19. The van der Waals surface area contributed by atoms with Crippen LogP contribution in [-0.2, 0) is 10.0 Å². The van der Waals surface area contributed by atoms with Gasteiger partial charge in [-0.1, -0.05) is 17.7 Å². The maximum atomic E-state index is 12.9. The smallest absolute Gasteiger partial charge is 0.243 e. The number of rotatable bonds is 5. The standard InChI is InChI=1S/C20H25N5O3S2/c1-11-4-6-15(7-5-11)30(27,28)25-9-8-14(10-25)22-19(26)18-17(21)16-12(2)13(3)23-24-20(16)29-18/h4-7,14,19,22,26H,8-10,21H2,1-3H3. The highest BCUT2D eigenvalue weighted by Crippen LogP contribution is 2.38. The fourth-order valence-electron chi connectivity index (χ4n) is 3.70. The Morgan fingerprint density at radius 1 is 1.23 bits per heavy atom. The molecule has 2 aromatic heterocycles. The number of nitrogens with zero attached hydrogens (tertiary/aromatic N) is 3. The van der Waals surface area contributed by atoms with Crippen LogP contribution in [0.15, 0.2) is 29.2 Å². The molecular weight excluding hydrogens is 422 g/mol. The summed E-state index contributed by atoms with van der Waals surface area (Å²) in [5.41, 5.74) is 9.55. The van der Waals surface area contributed by atoms with E-state index in [2.05, 4.69) is 15.5 Å². The first kappa shape index (κ1) is 21.1. The Bertz CT molecular complexity index is 1190. The SMILES string of the molecule is Cc1ccc(S(=O)(=O)N2CCC(NC(O)c3sc4nnc(C)c(C)c4c3N)C2)cc1. The van der Waals surface area contributed by atoms with Crippen LogP contribution in [-0.4, -0.2) is 47.2 Å². The minimum absolute atomic E-state index is 0.182. The number of aliphatic hydroxyl groups is 1. The summed E-state index contributed by atoms with van der Waals surface area (Å²) in [5.74, 6) is 0. The number of nitrogens with two attached hydrogens (primary N) is 1. The molecule has 1 fully saturated rings. The number of hydrogen-bond donors (Lipinski definition) is 3. The van der Waals surface area contributed by atoms with Gasteiger partial charge in [0.25, 0.3) is 0 Å². The number of fused-ring (bicyclic) bond motifs is 1. The molecule has 30 heavy (non-hydrogen) atoms. The van der Waals surface area contributed by atoms with Gasteiger partial charge in [-0.15, -0.1) is 16.4 Å². The Labute approximate surface area is 179 Å². The van der Waals surface area contributed by atoms with Gasteiger partial charge in [-0.05, 0) is 44.9 Å². The van der Waals surface area contributed by atoms with E-state index in [-0.39, 0.29) is 17.5 Å². The first-order valence-electron chi connectivity index (χ1n) is 9.71. The third kappa shape index (κ3) is 3.69. The Morgan fingerprint density at radius 2 is 1.93 bits per heavy atom. The Hall–Kier alpha value is -2.11. The van der Waals surface area contributed by atoms with Crippen molar-refractivity contribution in [2.45, 2.75) is 44.4 Å². The monoisotopic (exact) mass is 447 g/mol. The second-order valence-corrected chi connectivity index (χ2v) is 10.7. The first-order valence-corrected chi connectivity index (χ1v) is 12.0. The van der Waals surface area contributed by atoms with Gasteiger partial charge in [0.05, 0.1) is 21.2 Å². The summed E-state index contributed by atoms with van der Waals surface area (Å²) in [6.07, 6.45) is -0.402. The third-order valence-electron chi connectivity index (χ3n) is 5.62. The Kier molecular flexibility index (Phi) is 5.54. The second-order valence-electron chi connectivity index (χ2n) is 7.70. The lowest BCUT2D eigenvalue weighted by Crippen LogP contribution is -2.37. The lowest BCUT2D eigenvalue weighted by molar-refractivity contribution is 0.129. The van der Waals surface area contributed by atoms with Gasteiger partial charge in [0.2, 0.25) is 10.0 Å². The molecule has 1 saturated heterocycles. The first-order chi connectivity index (χ1) is 14.2. The van der Waals surface area contributed by atoms with Crippen molar-refractivity contribution < 1.29 is 13.5 Å². The minimum atomic E-state index is -3.56. The number of anilines is 1. The maximum Gasteiger partial charge on any atom is 0.243 e. The zero-order valence-electron chi connectivity index (χ0n) is 17.1. The summed E-state index contributed by atoms with van der Waals surface area (Å²) in [6.45, 7) is 6.41. The third-order valence-corrected chi connectivity index (χ3v) is 8.64. The molecule has 0 bridgehead atoms. The molecule has 8 nitrogen and oxygen atoms in total. The Morgan fingerprint density at radius 3 is 2.63 bits per heavy atom. The molecule has 3 heterocycles. The molecule has 3 aromatic rings. The van der Waals surface area contributed by atoms with Gasteiger partial charge in [0.15, 0.2) is 0 Å². The van der Waals surface area contributed by atoms with E-state index in [1.807, 2.05) is 20.8 Å². The average Bonchev–Trinajstić information content (AvgIpc) is 3.30. The highest BCUT2D eigenvalue weighted by molar-refractivity contribution is 7.89. The number of nitrogen functional groups attached to an aromatic ring is 1. The molecule has 0 amide bonds. The quantitative estimate of drug-likeness (QED) is 0.513. The molecule has 1 aliphatic heterocycles. The van der Waals surface area contributed by atoms with Crippen LogP contribution < -0.4 is 11.1 Å². The molecule has 4 rings (SSSR count). The predicted octanol–water partition coefficient (Wildman–Crippen LogP) is 2.24. The van der Waals surface area contributed by atoms with Crippen molar-refractivity contribution in [3.8, 4) is 0 Å². The second kappa shape index (κ2) is 7.86. The van der Waals surface area contributed by atoms with Crippen LogP contribution in [0.4, 0.5) is 5.69 Å². The topological polar surface area (TPSA) is 121 Å². The number of hydrogen-bond acceptors (Lipinski definition) is 8. The highest BCUT2D eigenvalue weighted by Gasteiger charge is 2.34. The minimum Gasteiger partial charge on any atom is -0.397 e. The van der Waals surface area contributed by atoms with Gasteiger partial charge >= 0.3 is 0 Å². The van der Waals surface area contributed by atoms with Crippen LogP contribution in [0.1, 0.15) is 34.3 Å². The van der Waals surface area contributed by atoms with Crippen molar-refractivity contribution in [1.82, 2.24) is 19.8 Å². The van der Waals surface area contributed by atoms with Gasteiger partial charge in [-0.3, -0.25) is 5.32 Å². The molecule has 10 heteroatoms. The number of benzene rings is 1. The molecule has 2 unspecified atom stereocenters. The van der Waals surface area contributed by atoms with Gasteiger partial charge in [0.1, 0.15) is 11.1 Å². The number of aryl methyl sites for hydroxylation is 3. The molecule has 1 aliphatic rings. The van der Waals surface area contributed by atoms with Gasteiger partial charge in [-0.25, -0.2) is 8.42 Å². The zero-order chi connectivity index (χ0) is 21.6. The summed E-state index contributed by atoms with van der Waals surface area (Å²) in [5, 5.41) is 23.0.